The quantitative estimate of drug-likeness (QED) is 0.256. The normalized spacial score (nSPS) is 12.8. The van der Waals surface area contributed by atoms with Crippen molar-refractivity contribution in [3.05, 3.63) is 0 Å². The standard InChI is InChI=1S/C19H41N5O4/c1-16(28-15-19(2,3)27-4)5-12-24(13-6-17(25)22-10-8-20)14-7-18(26)23-11-9-21/h16H,5-15,20-21H2,1-4H3,(H,22,25)(H,23,26). The Balaban J connectivity index is 4.44. The minimum atomic E-state index is -0.323. The lowest BCUT2D eigenvalue weighted by molar-refractivity contribution is -0.121. The molecule has 0 aliphatic rings. The van der Waals surface area contributed by atoms with Crippen LogP contribution in [-0.2, 0) is 19.1 Å². The summed E-state index contributed by atoms with van der Waals surface area (Å²) in [5.74, 6) is -0.0663. The van der Waals surface area contributed by atoms with Crippen molar-refractivity contribution in [3.8, 4) is 0 Å². The molecule has 9 nitrogen and oxygen atoms in total. The first-order chi connectivity index (χ1) is 13.2. The van der Waals surface area contributed by atoms with Gasteiger partial charge in [0.2, 0.25) is 11.8 Å². The molecule has 1 atom stereocenters. The molecule has 0 aromatic heterocycles. The van der Waals surface area contributed by atoms with Crippen LogP contribution in [0.3, 0.4) is 0 Å². The summed E-state index contributed by atoms with van der Waals surface area (Å²) in [6, 6.07) is 0. The third-order valence-corrected chi connectivity index (χ3v) is 4.36. The lowest BCUT2D eigenvalue weighted by Gasteiger charge is -2.27. The lowest BCUT2D eigenvalue weighted by Crippen LogP contribution is -2.37. The molecule has 0 radical (unpaired) electrons. The van der Waals surface area contributed by atoms with E-state index in [1.807, 2.05) is 20.8 Å². The van der Waals surface area contributed by atoms with Crippen LogP contribution in [0, 0.1) is 0 Å². The molecule has 166 valence electrons. The van der Waals surface area contributed by atoms with Crippen LogP contribution in [-0.4, -0.2) is 87.9 Å². The third kappa shape index (κ3) is 14.8. The highest BCUT2D eigenvalue weighted by Gasteiger charge is 2.19. The molecule has 0 aromatic rings. The summed E-state index contributed by atoms with van der Waals surface area (Å²) < 4.78 is 11.2. The molecule has 2 amide bonds. The average molecular weight is 404 g/mol. The smallest absolute Gasteiger partial charge is 0.221 e. The van der Waals surface area contributed by atoms with Gasteiger partial charge in [0.15, 0.2) is 0 Å². The van der Waals surface area contributed by atoms with Crippen LogP contribution in [0.5, 0.6) is 0 Å². The van der Waals surface area contributed by atoms with Crippen molar-refractivity contribution in [1.29, 1.82) is 0 Å². The molecule has 0 rings (SSSR count). The van der Waals surface area contributed by atoms with Crippen LogP contribution in [0.1, 0.15) is 40.0 Å². The van der Waals surface area contributed by atoms with Gasteiger partial charge in [0, 0.05) is 65.8 Å². The van der Waals surface area contributed by atoms with Crippen molar-refractivity contribution >= 4 is 11.8 Å². The number of nitrogens with zero attached hydrogens (tertiary/aromatic N) is 1. The zero-order valence-corrected chi connectivity index (χ0v) is 18.1. The van der Waals surface area contributed by atoms with E-state index in [-0.39, 0.29) is 23.5 Å². The van der Waals surface area contributed by atoms with Gasteiger partial charge in [0.25, 0.3) is 0 Å². The minimum Gasteiger partial charge on any atom is -0.376 e. The maximum atomic E-state index is 11.8. The fraction of sp³-hybridized carbons (Fsp3) is 0.895. The number of amides is 2. The second-order valence-electron chi connectivity index (χ2n) is 7.49. The number of nitrogens with one attached hydrogen (secondary N) is 2. The van der Waals surface area contributed by atoms with Gasteiger partial charge in [-0.1, -0.05) is 0 Å². The van der Waals surface area contributed by atoms with Crippen LogP contribution in [0.2, 0.25) is 0 Å². The van der Waals surface area contributed by atoms with Gasteiger partial charge in [-0.2, -0.15) is 0 Å². The van der Waals surface area contributed by atoms with Gasteiger partial charge < -0.3 is 36.5 Å². The number of carbonyl (C=O) groups is 2. The van der Waals surface area contributed by atoms with E-state index in [1.54, 1.807) is 7.11 Å². The predicted molar refractivity (Wildman–Crippen MR) is 111 cm³/mol. The largest absolute Gasteiger partial charge is 0.376 e. The van der Waals surface area contributed by atoms with Crippen LogP contribution in [0.25, 0.3) is 0 Å². The maximum Gasteiger partial charge on any atom is 0.221 e. The number of ether oxygens (including phenoxy) is 2. The zero-order valence-electron chi connectivity index (χ0n) is 18.1. The van der Waals surface area contributed by atoms with Gasteiger partial charge in [-0.15, -0.1) is 0 Å². The molecular weight excluding hydrogens is 362 g/mol. The number of hydrogen-bond donors (Lipinski definition) is 4. The number of methoxy groups -OCH3 is 1. The Kier molecular flexibility index (Phi) is 14.9. The van der Waals surface area contributed by atoms with E-state index in [4.69, 9.17) is 20.9 Å². The molecule has 0 bridgehead atoms. The van der Waals surface area contributed by atoms with E-state index in [2.05, 4.69) is 15.5 Å². The molecule has 0 aromatic carbocycles. The summed E-state index contributed by atoms with van der Waals surface area (Å²) in [6.07, 6.45) is 1.59. The molecular formula is C19H41N5O4. The van der Waals surface area contributed by atoms with Crippen molar-refractivity contribution < 1.29 is 19.1 Å². The van der Waals surface area contributed by atoms with E-state index in [9.17, 15) is 9.59 Å². The first kappa shape index (κ1) is 26.7. The number of nitrogens with two attached hydrogens (primary N) is 2. The maximum absolute atomic E-state index is 11.8. The zero-order chi connectivity index (χ0) is 21.4. The molecule has 0 heterocycles. The van der Waals surface area contributed by atoms with Crippen molar-refractivity contribution in [2.75, 3.05) is 59.5 Å². The molecule has 1 unspecified atom stereocenters. The molecule has 6 N–H and O–H groups in total. The summed E-state index contributed by atoms with van der Waals surface area (Å²) in [5, 5.41) is 5.53. The second-order valence-corrected chi connectivity index (χ2v) is 7.49. The van der Waals surface area contributed by atoms with Gasteiger partial charge in [-0.05, 0) is 27.2 Å². The van der Waals surface area contributed by atoms with Gasteiger partial charge in [-0.3, -0.25) is 9.59 Å². The molecule has 0 aliphatic carbocycles. The van der Waals surface area contributed by atoms with Crippen molar-refractivity contribution in [2.45, 2.75) is 51.7 Å². The SMILES string of the molecule is COC(C)(C)COC(C)CCN(CCC(=O)NCCN)CCC(=O)NCCN. The Morgan fingerprint density at radius 1 is 1.00 bits per heavy atom. The first-order valence-electron chi connectivity index (χ1n) is 10.1. The Morgan fingerprint density at radius 3 is 1.93 bits per heavy atom. The fourth-order valence-corrected chi connectivity index (χ4v) is 2.30. The number of carbonyl (C=O) groups excluding carboxylic acids is 2. The molecule has 0 saturated heterocycles. The van der Waals surface area contributed by atoms with Gasteiger partial charge in [-0.25, -0.2) is 0 Å². The minimum absolute atomic E-state index is 0.0332. The topological polar surface area (TPSA) is 132 Å². The predicted octanol–water partition coefficient (Wildman–Crippen LogP) is -0.561. The van der Waals surface area contributed by atoms with E-state index in [0.717, 1.165) is 13.0 Å². The Morgan fingerprint density at radius 2 is 1.50 bits per heavy atom. The highest BCUT2D eigenvalue weighted by molar-refractivity contribution is 5.76. The van der Waals surface area contributed by atoms with E-state index in [0.29, 0.717) is 58.7 Å². The fourth-order valence-electron chi connectivity index (χ4n) is 2.30. The van der Waals surface area contributed by atoms with E-state index < -0.39 is 0 Å². The van der Waals surface area contributed by atoms with E-state index >= 15 is 0 Å². The van der Waals surface area contributed by atoms with Crippen molar-refractivity contribution in [2.24, 2.45) is 11.5 Å². The van der Waals surface area contributed by atoms with Crippen LogP contribution in [0.4, 0.5) is 0 Å². The molecule has 0 saturated carbocycles. The third-order valence-electron chi connectivity index (χ3n) is 4.36. The Bertz CT molecular complexity index is 411. The molecule has 0 fully saturated rings. The Hall–Kier alpha value is -1.26. The lowest BCUT2D eigenvalue weighted by atomic mass is 10.1. The van der Waals surface area contributed by atoms with Crippen LogP contribution in [0.15, 0.2) is 0 Å². The second kappa shape index (κ2) is 15.6. The van der Waals surface area contributed by atoms with E-state index in [1.165, 1.54) is 0 Å². The van der Waals surface area contributed by atoms with Crippen molar-refractivity contribution in [3.63, 3.8) is 0 Å². The molecule has 28 heavy (non-hydrogen) atoms. The van der Waals surface area contributed by atoms with Gasteiger partial charge in [0.05, 0.1) is 18.3 Å². The Labute approximate surface area is 169 Å². The monoisotopic (exact) mass is 403 g/mol. The van der Waals surface area contributed by atoms with Crippen molar-refractivity contribution in [1.82, 2.24) is 15.5 Å². The summed E-state index contributed by atoms with van der Waals surface area (Å²) >= 11 is 0. The number of hydrogen-bond acceptors (Lipinski definition) is 7. The summed E-state index contributed by atoms with van der Waals surface area (Å²) in [4.78, 5) is 25.8. The highest BCUT2D eigenvalue weighted by atomic mass is 16.5. The van der Waals surface area contributed by atoms with Crippen LogP contribution < -0.4 is 22.1 Å². The van der Waals surface area contributed by atoms with Gasteiger partial charge >= 0.3 is 0 Å². The first-order valence-corrected chi connectivity index (χ1v) is 10.1. The number of rotatable bonds is 17. The average Bonchev–Trinajstić information content (AvgIpc) is 2.68. The molecule has 0 spiro atoms. The molecule has 0 aliphatic heterocycles. The van der Waals surface area contributed by atoms with Gasteiger partial charge in [0.1, 0.15) is 0 Å². The summed E-state index contributed by atoms with van der Waals surface area (Å²) in [7, 11) is 1.67. The summed E-state index contributed by atoms with van der Waals surface area (Å²) in [6.45, 7) is 10.2. The highest BCUT2D eigenvalue weighted by Crippen LogP contribution is 2.11. The van der Waals surface area contributed by atoms with Crippen LogP contribution >= 0.6 is 0 Å². The summed E-state index contributed by atoms with van der Waals surface area (Å²) in [5.41, 5.74) is 10.5. The molecule has 9 heteroatoms.